The van der Waals surface area contributed by atoms with Crippen LogP contribution in [0.4, 0.5) is 0 Å². The molecule has 2 unspecified atom stereocenters. The number of Topliss-reactive ketones (excluding diaryl/α,β-unsaturated/α-hetero) is 1. The molecule has 3 rings (SSSR count). The van der Waals surface area contributed by atoms with Crippen molar-refractivity contribution in [3.05, 3.63) is 0 Å². The highest BCUT2D eigenvalue weighted by Gasteiger charge is 2.48. The van der Waals surface area contributed by atoms with Crippen LogP contribution in [0.3, 0.4) is 0 Å². The van der Waals surface area contributed by atoms with E-state index < -0.39 is 0 Å². The summed E-state index contributed by atoms with van der Waals surface area (Å²) >= 11 is 0. The summed E-state index contributed by atoms with van der Waals surface area (Å²) in [7, 11) is 0. The molecule has 3 aliphatic rings. The molecule has 4 nitrogen and oxygen atoms in total. The molecule has 0 aromatic carbocycles. The van der Waals surface area contributed by atoms with Crippen LogP contribution in [0.2, 0.25) is 0 Å². The Balaban J connectivity index is 1.72. The minimum atomic E-state index is -0.154. The summed E-state index contributed by atoms with van der Waals surface area (Å²) in [6.45, 7) is 6.37. The predicted octanol–water partition coefficient (Wildman–Crippen LogP) is 2.31. The lowest BCUT2D eigenvalue weighted by atomic mass is 9.66. The average Bonchev–Trinajstić information content (AvgIpc) is 2.95. The van der Waals surface area contributed by atoms with Crippen LogP contribution in [-0.2, 0) is 14.3 Å². The number of nitrogens with one attached hydrogen (secondary N) is 1. The fourth-order valence-corrected chi connectivity index (χ4v) is 4.55. The van der Waals surface area contributed by atoms with E-state index in [1.54, 1.807) is 0 Å². The summed E-state index contributed by atoms with van der Waals surface area (Å²) in [5.41, 5.74) is -0.221. The molecule has 0 bridgehead atoms. The second-order valence-corrected chi connectivity index (χ2v) is 7.17. The lowest BCUT2D eigenvalue weighted by Gasteiger charge is -2.43. The maximum Gasteiger partial charge on any atom is 0.142 e. The summed E-state index contributed by atoms with van der Waals surface area (Å²) < 4.78 is 11.5. The molecular weight excluding hydrogens is 266 g/mol. The van der Waals surface area contributed by atoms with Gasteiger partial charge in [-0.05, 0) is 45.2 Å². The van der Waals surface area contributed by atoms with Gasteiger partial charge < -0.3 is 14.8 Å². The molecule has 3 heterocycles. The van der Waals surface area contributed by atoms with Crippen molar-refractivity contribution in [1.29, 1.82) is 0 Å². The third-order valence-corrected chi connectivity index (χ3v) is 5.74. The Morgan fingerprint density at radius 3 is 2.71 bits per heavy atom. The zero-order chi connectivity index (χ0) is 14.8. The Hall–Kier alpha value is -0.450. The molecule has 1 spiro atoms. The molecule has 3 aliphatic heterocycles. The Kier molecular flexibility index (Phi) is 4.67. The number of piperidine rings is 1. The van der Waals surface area contributed by atoms with Crippen LogP contribution < -0.4 is 5.32 Å². The fourth-order valence-electron chi connectivity index (χ4n) is 4.55. The van der Waals surface area contributed by atoms with Crippen LogP contribution in [0, 0.1) is 11.3 Å². The van der Waals surface area contributed by atoms with E-state index in [1.165, 1.54) is 0 Å². The van der Waals surface area contributed by atoms with Gasteiger partial charge in [0.25, 0.3) is 0 Å². The van der Waals surface area contributed by atoms with Crippen LogP contribution in [0.1, 0.15) is 51.9 Å². The average molecular weight is 295 g/mol. The first-order chi connectivity index (χ1) is 10.2. The third-order valence-electron chi connectivity index (χ3n) is 5.74. The van der Waals surface area contributed by atoms with E-state index in [2.05, 4.69) is 12.2 Å². The molecule has 0 aromatic rings. The van der Waals surface area contributed by atoms with E-state index in [0.717, 1.165) is 71.2 Å². The molecule has 1 N–H and O–H groups in total. The van der Waals surface area contributed by atoms with Gasteiger partial charge >= 0.3 is 0 Å². The lowest BCUT2D eigenvalue weighted by Crippen LogP contribution is -2.49. The van der Waals surface area contributed by atoms with Crippen molar-refractivity contribution in [3.63, 3.8) is 0 Å². The molecule has 2 atom stereocenters. The highest BCUT2D eigenvalue weighted by molar-refractivity contribution is 5.87. The van der Waals surface area contributed by atoms with Gasteiger partial charge in [-0.3, -0.25) is 4.79 Å². The van der Waals surface area contributed by atoms with E-state index in [0.29, 0.717) is 12.4 Å². The van der Waals surface area contributed by atoms with Crippen molar-refractivity contribution in [2.45, 2.75) is 57.5 Å². The smallest absolute Gasteiger partial charge is 0.142 e. The zero-order valence-corrected chi connectivity index (χ0v) is 13.3. The number of rotatable bonds is 4. The van der Waals surface area contributed by atoms with Crippen molar-refractivity contribution in [3.8, 4) is 0 Å². The number of carbonyl (C=O) groups excluding carboxylic acids is 1. The van der Waals surface area contributed by atoms with Gasteiger partial charge in [0.05, 0.1) is 12.2 Å². The predicted molar refractivity (Wildman–Crippen MR) is 81.3 cm³/mol. The molecule has 0 aromatic heterocycles. The molecule has 0 amide bonds. The van der Waals surface area contributed by atoms with E-state index in [1.807, 2.05) is 0 Å². The zero-order valence-electron chi connectivity index (χ0n) is 13.3. The number of carbonyl (C=O) groups is 1. The Morgan fingerprint density at radius 2 is 2.05 bits per heavy atom. The van der Waals surface area contributed by atoms with Crippen molar-refractivity contribution < 1.29 is 14.3 Å². The number of ketones is 1. The molecule has 0 saturated carbocycles. The van der Waals surface area contributed by atoms with Gasteiger partial charge in [0.15, 0.2) is 0 Å². The summed E-state index contributed by atoms with van der Waals surface area (Å²) in [6.07, 6.45) is 6.92. The minimum Gasteiger partial charge on any atom is -0.378 e. The van der Waals surface area contributed by atoms with E-state index in [-0.39, 0.29) is 16.9 Å². The highest BCUT2D eigenvalue weighted by Crippen LogP contribution is 2.43. The molecular formula is C17H29NO3. The van der Waals surface area contributed by atoms with E-state index in [4.69, 9.17) is 9.47 Å². The lowest BCUT2D eigenvalue weighted by molar-refractivity contribution is -0.148. The number of hydrogen-bond acceptors (Lipinski definition) is 4. The number of ether oxygens (including phenoxy) is 2. The molecule has 3 fully saturated rings. The second-order valence-electron chi connectivity index (χ2n) is 7.17. The monoisotopic (exact) mass is 295 g/mol. The quantitative estimate of drug-likeness (QED) is 0.864. The summed E-state index contributed by atoms with van der Waals surface area (Å²) in [6, 6.07) is 0. The first kappa shape index (κ1) is 15.4. The standard InChI is InChI=1S/C17H29NO3/c1-2-4-16(5-8-18-9-6-16)15(19)14-3-10-21-17(12-14)7-11-20-13-17/h14,18H,2-13H2,1H3. The second kappa shape index (κ2) is 6.35. The summed E-state index contributed by atoms with van der Waals surface area (Å²) in [4.78, 5) is 13.3. The maximum absolute atomic E-state index is 13.3. The van der Waals surface area contributed by atoms with Gasteiger partial charge in [-0.15, -0.1) is 0 Å². The fraction of sp³-hybridized carbons (Fsp3) is 0.941. The molecule has 21 heavy (non-hydrogen) atoms. The Morgan fingerprint density at radius 1 is 1.24 bits per heavy atom. The van der Waals surface area contributed by atoms with Crippen LogP contribution in [0.5, 0.6) is 0 Å². The van der Waals surface area contributed by atoms with Gasteiger partial charge in [-0.2, -0.15) is 0 Å². The van der Waals surface area contributed by atoms with Gasteiger partial charge in [-0.1, -0.05) is 13.3 Å². The summed E-state index contributed by atoms with van der Waals surface area (Å²) in [5.74, 6) is 0.713. The first-order valence-corrected chi connectivity index (χ1v) is 8.66. The normalized spacial score (nSPS) is 36.0. The van der Waals surface area contributed by atoms with E-state index >= 15 is 0 Å². The van der Waals surface area contributed by atoms with Crippen LogP contribution in [0.15, 0.2) is 0 Å². The molecule has 0 radical (unpaired) electrons. The van der Waals surface area contributed by atoms with Crippen molar-refractivity contribution in [1.82, 2.24) is 5.32 Å². The molecule has 4 heteroatoms. The maximum atomic E-state index is 13.3. The van der Waals surface area contributed by atoms with Crippen molar-refractivity contribution in [2.24, 2.45) is 11.3 Å². The molecule has 3 saturated heterocycles. The van der Waals surface area contributed by atoms with Gasteiger partial charge in [0, 0.05) is 31.0 Å². The number of hydrogen-bond donors (Lipinski definition) is 1. The summed E-state index contributed by atoms with van der Waals surface area (Å²) in [5, 5.41) is 3.41. The third kappa shape index (κ3) is 3.03. The topological polar surface area (TPSA) is 47.6 Å². The largest absolute Gasteiger partial charge is 0.378 e. The van der Waals surface area contributed by atoms with Crippen molar-refractivity contribution in [2.75, 3.05) is 32.9 Å². The van der Waals surface area contributed by atoms with Crippen LogP contribution in [0.25, 0.3) is 0 Å². The van der Waals surface area contributed by atoms with Gasteiger partial charge in [0.2, 0.25) is 0 Å². The van der Waals surface area contributed by atoms with Crippen LogP contribution in [-0.4, -0.2) is 44.3 Å². The van der Waals surface area contributed by atoms with E-state index in [9.17, 15) is 4.79 Å². The van der Waals surface area contributed by atoms with Gasteiger partial charge in [-0.25, -0.2) is 0 Å². The molecule has 120 valence electrons. The first-order valence-electron chi connectivity index (χ1n) is 8.66. The van der Waals surface area contributed by atoms with Crippen molar-refractivity contribution >= 4 is 5.78 Å². The van der Waals surface area contributed by atoms with Crippen LogP contribution >= 0.6 is 0 Å². The SMILES string of the molecule is CCCC1(C(=O)C2CCOC3(CCOC3)C2)CCNCC1. The highest BCUT2D eigenvalue weighted by atomic mass is 16.6. The minimum absolute atomic E-state index is 0.0668. The Labute approximate surface area is 127 Å². The molecule has 0 aliphatic carbocycles. The van der Waals surface area contributed by atoms with Gasteiger partial charge in [0.1, 0.15) is 5.78 Å². The Bertz CT molecular complexity index is 365.